The number of aliphatic hydroxyl groups excluding tert-OH is 3. The molecule has 7 nitrogen and oxygen atoms in total. The molecule has 0 spiro atoms. The van der Waals surface area contributed by atoms with Crippen LogP contribution < -0.4 is 0 Å². The topological polar surface area (TPSA) is 105 Å². The average molecular weight is 457 g/mol. The van der Waals surface area contributed by atoms with Crippen molar-refractivity contribution in [3.05, 3.63) is 24.3 Å². The van der Waals surface area contributed by atoms with Gasteiger partial charge in [0.05, 0.1) is 0 Å². The van der Waals surface area contributed by atoms with E-state index in [2.05, 4.69) is 31.2 Å². The van der Waals surface area contributed by atoms with E-state index < -0.39 is 30.7 Å². The zero-order valence-electron chi connectivity index (χ0n) is 19.9. The summed E-state index contributed by atoms with van der Waals surface area (Å²) < 4.78 is 15.4. The van der Waals surface area contributed by atoms with Gasteiger partial charge in [-0.3, -0.25) is 4.79 Å². The molecule has 0 amide bonds. The number of carbonyl (C=O) groups excluding carboxylic acids is 1. The maximum Gasteiger partial charge on any atom is 0.305 e. The highest BCUT2D eigenvalue weighted by Crippen LogP contribution is 2.22. The zero-order chi connectivity index (χ0) is 23.6. The first-order valence-electron chi connectivity index (χ1n) is 12.2. The molecule has 0 aromatic heterocycles. The third-order valence-corrected chi connectivity index (χ3v) is 5.64. The van der Waals surface area contributed by atoms with Gasteiger partial charge in [0, 0.05) is 13.5 Å². The minimum absolute atomic E-state index is 0.191. The second-order valence-electron chi connectivity index (χ2n) is 8.41. The summed E-state index contributed by atoms with van der Waals surface area (Å²) >= 11 is 0. The van der Waals surface area contributed by atoms with E-state index in [1.165, 1.54) is 32.8 Å². The summed E-state index contributed by atoms with van der Waals surface area (Å²) in [4.78, 5) is 11.9. The van der Waals surface area contributed by atoms with E-state index >= 15 is 0 Å². The Morgan fingerprint density at radius 2 is 1.47 bits per heavy atom. The van der Waals surface area contributed by atoms with Crippen LogP contribution in [0.4, 0.5) is 0 Å². The lowest BCUT2D eigenvalue weighted by atomic mass is 9.99. The first kappa shape index (κ1) is 28.8. The highest BCUT2D eigenvalue weighted by atomic mass is 16.7. The number of ether oxygens (including phenoxy) is 3. The van der Waals surface area contributed by atoms with Crippen LogP contribution in [0.5, 0.6) is 0 Å². The maximum absolute atomic E-state index is 11.9. The fraction of sp³-hybridized carbons (Fsp3) is 0.800. The van der Waals surface area contributed by atoms with Crippen LogP contribution >= 0.6 is 0 Å². The molecule has 32 heavy (non-hydrogen) atoms. The Kier molecular flexibility index (Phi) is 16.4. The molecule has 5 atom stereocenters. The van der Waals surface area contributed by atoms with Crippen molar-refractivity contribution in [2.24, 2.45) is 0 Å². The van der Waals surface area contributed by atoms with Gasteiger partial charge in [0.25, 0.3) is 0 Å². The summed E-state index contributed by atoms with van der Waals surface area (Å²) in [7, 11) is 1.32. The van der Waals surface area contributed by atoms with Gasteiger partial charge in [0.1, 0.15) is 31.0 Å². The molecule has 1 fully saturated rings. The Morgan fingerprint density at radius 3 is 2.12 bits per heavy atom. The summed E-state index contributed by atoms with van der Waals surface area (Å²) in [6.45, 7) is 2.03. The van der Waals surface area contributed by atoms with Gasteiger partial charge >= 0.3 is 5.97 Å². The summed E-state index contributed by atoms with van der Waals surface area (Å²) in [5, 5.41) is 29.5. The minimum Gasteiger partial charge on any atom is -0.463 e. The van der Waals surface area contributed by atoms with Gasteiger partial charge in [-0.25, -0.2) is 0 Å². The van der Waals surface area contributed by atoms with E-state index in [-0.39, 0.29) is 12.6 Å². The maximum atomic E-state index is 11.9. The Balaban J connectivity index is 2.00. The van der Waals surface area contributed by atoms with Crippen LogP contribution in [0.15, 0.2) is 24.3 Å². The number of hydrogen-bond donors (Lipinski definition) is 3. The molecule has 7 heteroatoms. The van der Waals surface area contributed by atoms with Crippen LogP contribution in [0.2, 0.25) is 0 Å². The number of methoxy groups -OCH3 is 1. The van der Waals surface area contributed by atoms with Crippen molar-refractivity contribution in [2.45, 2.75) is 115 Å². The van der Waals surface area contributed by atoms with Crippen molar-refractivity contribution >= 4 is 5.97 Å². The molecule has 0 unspecified atom stereocenters. The van der Waals surface area contributed by atoms with Crippen molar-refractivity contribution in [1.82, 2.24) is 0 Å². The van der Waals surface area contributed by atoms with Crippen LogP contribution in [0.25, 0.3) is 0 Å². The standard InChI is InChI=1S/C25H44O7/c1-3-4-5-6-7-8-9-10-11-12-13-14-15-16-17-18-21(26)31-19-20-22(27)23(28)24(29)25(30-2)32-20/h7-8,10-11,20,22-25,27-29H,3-6,9,12-19H2,1-2H3/t20-,22-,23+,24-,25+/m1/s1. The predicted molar refractivity (Wildman–Crippen MR) is 124 cm³/mol. The molecular weight excluding hydrogens is 412 g/mol. The van der Waals surface area contributed by atoms with E-state index in [1.54, 1.807) is 0 Å². The highest BCUT2D eigenvalue weighted by Gasteiger charge is 2.44. The molecule has 186 valence electrons. The molecular formula is C25H44O7. The lowest BCUT2D eigenvalue weighted by Crippen LogP contribution is -2.59. The molecule has 0 saturated carbocycles. The van der Waals surface area contributed by atoms with Crippen LogP contribution in [-0.2, 0) is 19.0 Å². The van der Waals surface area contributed by atoms with Crippen LogP contribution in [0.3, 0.4) is 0 Å². The first-order valence-corrected chi connectivity index (χ1v) is 12.2. The quantitative estimate of drug-likeness (QED) is 0.174. The van der Waals surface area contributed by atoms with Gasteiger partial charge < -0.3 is 29.5 Å². The molecule has 0 radical (unpaired) electrons. The van der Waals surface area contributed by atoms with Crippen molar-refractivity contribution < 1.29 is 34.3 Å². The van der Waals surface area contributed by atoms with E-state index in [0.29, 0.717) is 6.42 Å². The zero-order valence-corrected chi connectivity index (χ0v) is 19.9. The van der Waals surface area contributed by atoms with Gasteiger partial charge in [-0.1, -0.05) is 63.3 Å². The molecule has 0 bridgehead atoms. The number of allylic oxidation sites excluding steroid dienone is 4. The Hall–Kier alpha value is -1.25. The van der Waals surface area contributed by atoms with Crippen molar-refractivity contribution in [3.63, 3.8) is 0 Å². The molecule has 1 saturated heterocycles. The van der Waals surface area contributed by atoms with Crippen molar-refractivity contribution in [3.8, 4) is 0 Å². The molecule has 0 aromatic rings. The molecule has 3 N–H and O–H groups in total. The second kappa shape index (κ2) is 18.2. The number of hydrogen-bond acceptors (Lipinski definition) is 7. The lowest BCUT2D eigenvalue weighted by Gasteiger charge is -2.39. The monoisotopic (exact) mass is 456 g/mol. The smallest absolute Gasteiger partial charge is 0.305 e. The molecule has 0 aliphatic carbocycles. The van der Waals surface area contributed by atoms with Gasteiger partial charge in [-0.15, -0.1) is 0 Å². The summed E-state index contributed by atoms with van der Waals surface area (Å²) in [5.41, 5.74) is 0. The predicted octanol–water partition coefficient (Wildman–Crippen LogP) is 3.80. The first-order chi connectivity index (χ1) is 15.5. The number of aliphatic hydroxyl groups is 3. The lowest BCUT2D eigenvalue weighted by molar-refractivity contribution is -0.295. The van der Waals surface area contributed by atoms with Gasteiger partial charge in [0.2, 0.25) is 0 Å². The second-order valence-corrected chi connectivity index (χ2v) is 8.41. The van der Waals surface area contributed by atoms with Crippen molar-refractivity contribution in [1.29, 1.82) is 0 Å². The summed E-state index contributed by atoms with van der Waals surface area (Å²) in [6.07, 6.45) is 15.5. The fourth-order valence-corrected chi connectivity index (χ4v) is 3.58. The Bertz CT molecular complexity index is 532. The Morgan fingerprint density at radius 1 is 0.844 bits per heavy atom. The Labute approximate surface area is 193 Å². The van der Waals surface area contributed by atoms with Gasteiger partial charge in [-0.2, -0.15) is 0 Å². The van der Waals surface area contributed by atoms with E-state index in [0.717, 1.165) is 44.9 Å². The molecule has 1 aliphatic rings. The molecule has 1 heterocycles. The molecule has 0 aromatic carbocycles. The minimum atomic E-state index is -1.42. The van der Waals surface area contributed by atoms with Crippen LogP contribution in [0.1, 0.15) is 84.0 Å². The van der Waals surface area contributed by atoms with Crippen molar-refractivity contribution in [2.75, 3.05) is 13.7 Å². The fourth-order valence-electron chi connectivity index (χ4n) is 3.58. The number of esters is 1. The number of unbranched alkanes of at least 4 members (excludes halogenated alkanes) is 8. The SMILES string of the molecule is CCCCCC=CCC=CCCCCCCCC(=O)OC[C@H]1O[C@H](OC)[C@H](O)[C@@H](O)[C@@H]1O. The third-order valence-electron chi connectivity index (χ3n) is 5.64. The van der Waals surface area contributed by atoms with E-state index in [9.17, 15) is 20.1 Å². The average Bonchev–Trinajstić information content (AvgIpc) is 2.79. The molecule has 1 rings (SSSR count). The molecule has 1 aliphatic heterocycles. The highest BCUT2D eigenvalue weighted by molar-refractivity contribution is 5.69. The van der Waals surface area contributed by atoms with Gasteiger partial charge in [0.15, 0.2) is 6.29 Å². The van der Waals surface area contributed by atoms with E-state index in [1.807, 2.05) is 0 Å². The normalized spacial score (nSPS) is 26.2. The summed E-state index contributed by atoms with van der Waals surface area (Å²) in [5.74, 6) is -0.360. The summed E-state index contributed by atoms with van der Waals surface area (Å²) in [6, 6.07) is 0. The largest absolute Gasteiger partial charge is 0.463 e. The van der Waals surface area contributed by atoms with Crippen LogP contribution in [-0.4, -0.2) is 65.7 Å². The van der Waals surface area contributed by atoms with E-state index in [4.69, 9.17) is 14.2 Å². The number of carbonyl (C=O) groups is 1. The number of rotatable bonds is 17. The van der Waals surface area contributed by atoms with Crippen LogP contribution in [0, 0.1) is 0 Å². The van der Waals surface area contributed by atoms with Gasteiger partial charge in [-0.05, 0) is 38.5 Å². The third kappa shape index (κ3) is 12.1.